The Balaban J connectivity index is 1.76. The summed E-state index contributed by atoms with van der Waals surface area (Å²) in [7, 11) is 0. The highest BCUT2D eigenvalue weighted by molar-refractivity contribution is 8.00. The van der Waals surface area contributed by atoms with E-state index >= 15 is 0 Å². The third-order valence-corrected chi connectivity index (χ3v) is 5.08. The number of benzene rings is 1. The minimum Gasteiger partial charge on any atom is -0.459 e. The standard InChI is InChI=1S/C17H20N2O3S/c1-3-19(16(20)9-18-11-23-10-17(18)21)12(2)15-8-13-6-4-5-7-14(13)22-15/h4-8,12H,3,9-11H2,1-2H3. The first-order valence-electron chi connectivity index (χ1n) is 7.73. The van der Waals surface area contributed by atoms with Gasteiger partial charge in [-0.15, -0.1) is 11.8 Å². The minimum absolute atomic E-state index is 0.0378. The van der Waals surface area contributed by atoms with Crippen molar-refractivity contribution in [3.05, 3.63) is 36.1 Å². The van der Waals surface area contributed by atoms with Crippen LogP contribution in [0.2, 0.25) is 0 Å². The summed E-state index contributed by atoms with van der Waals surface area (Å²) in [6.07, 6.45) is 0. The van der Waals surface area contributed by atoms with Crippen LogP contribution < -0.4 is 0 Å². The van der Waals surface area contributed by atoms with Crippen molar-refractivity contribution in [2.45, 2.75) is 19.9 Å². The van der Waals surface area contributed by atoms with Crippen LogP contribution >= 0.6 is 11.8 Å². The van der Waals surface area contributed by atoms with Crippen molar-refractivity contribution in [1.82, 2.24) is 9.80 Å². The van der Waals surface area contributed by atoms with E-state index in [-0.39, 0.29) is 24.4 Å². The molecule has 0 aliphatic carbocycles. The molecule has 0 saturated carbocycles. The van der Waals surface area contributed by atoms with E-state index < -0.39 is 0 Å². The van der Waals surface area contributed by atoms with Crippen LogP contribution in [0.5, 0.6) is 0 Å². The molecule has 1 unspecified atom stereocenters. The van der Waals surface area contributed by atoms with Gasteiger partial charge in [-0.05, 0) is 26.0 Å². The van der Waals surface area contributed by atoms with Crippen LogP contribution in [0.15, 0.2) is 34.7 Å². The summed E-state index contributed by atoms with van der Waals surface area (Å²) in [5.74, 6) is 1.83. The van der Waals surface area contributed by atoms with Crippen molar-refractivity contribution in [3.63, 3.8) is 0 Å². The number of rotatable bonds is 5. The smallest absolute Gasteiger partial charge is 0.242 e. The lowest BCUT2D eigenvalue weighted by atomic mass is 10.2. The Morgan fingerprint density at radius 3 is 2.87 bits per heavy atom. The summed E-state index contributed by atoms with van der Waals surface area (Å²) in [4.78, 5) is 27.7. The molecule has 0 spiro atoms. The summed E-state index contributed by atoms with van der Waals surface area (Å²) in [5, 5.41) is 1.03. The second kappa shape index (κ2) is 6.66. The van der Waals surface area contributed by atoms with Crippen LogP contribution in [0.3, 0.4) is 0 Å². The average molecular weight is 332 g/mol. The first kappa shape index (κ1) is 15.9. The van der Waals surface area contributed by atoms with Gasteiger partial charge in [-0.3, -0.25) is 9.59 Å². The summed E-state index contributed by atoms with van der Waals surface area (Å²) < 4.78 is 5.88. The van der Waals surface area contributed by atoms with E-state index in [0.717, 1.165) is 16.7 Å². The molecule has 122 valence electrons. The van der Waals surface area contributed by atoms with E-state index in [0.29, 0.717) is 18.2 Å². The fourth-order valence-corrected chi connectivity index (χ4v) is 3.73. The van der Waals surface area contributed by atoms with Crippen LogP contribution in [-0.4, -0.2) is 46.3 Å². The van der Waals surface area contributed by atoms with Gasteiger partial charge < -0.3 is 14.2 Å². The number of thioether (sulfide) groups is 1. The molecular weight excluding hydrogens is 312 g/mol. The molecule has 0 bridgehead atoms. The van der Waals surface area contributed by atoms with Gasteiger partial charge in [0.1, 0.15) is 17.9 Å². The molecule has 1 aromatic heterocycles. The average Bonchev–Trinajstić information content (AvgIpc) is 3.14. The SMILES string of the molecule is CCN(C(=O)CN1CSCC1=O)C(C)c1cc2ccccc2o1. The Hall–Kier alpha value is -1.95. The van der Waals surface area contributed by atoms with Gasteiger partial charge in [0, 0.05) is 11.9 Å². The predicted molar refractivity (Wildman–Crippen MR) is 91.1 cm³/mol. The third-order valence-electron chi connectivity index (χ3n) is 4.14. The first-order chi connectivity index (χ1) is 11.1. The normalized spacial score (nSPS) is 16.1. The molecule has 2 heterocycles. The van der Waals surface area contributed by atoms with Gasteiger partial charge in [-0.2, -0.15) is 0 Å². The Labute approximate surface area is 139 Å². The Bertz CT molecular complexity index is 694. The highest BCUT2D eigenvalue weighted by Gasteiger charge is 2.28. The molecule has 6 heteroatoms. The summed E-state index contributed by atoms with van der Waals surface area (Å²) in [6.45, 7) is 4.62. The second-order valence-electron chi connectivity index (χ2n) is 5.61. The number of fused-ring (bicyclic) bond motifs is 1. The largest absolute Gasteiger partial charge is 0.459 e. The van der Waals surface area contributed by atoms with Crippen molar-refractivity contribution in [2.75, 3.05) is 24.7 Å². The fraction of sp³-hybridized carbons (Fsp3) is 0.412. The first-order valence-corrected chi connectivity index (χ1v) is 8.89. The number of para-hydroxylation sites is 1. The number of carbonyl (C=O) groups excluding carboxylic acids is 2. The van der Waals surface area contributed by atoms with Gasteiger partial charge in [0.2, 0.25) is 11.8 Å². The number of carbonyl (C=O) groups is 2. The molecule has 1 atom stereocenters. The lowest BCUT2D eigenvalue weighted by molar-refractivity contribution is -0.139. The molecule has 1 aliphatic rings. The van der Waals surface area contributed by atoms with E-state index in [1.54, 1.807) is 21.6 Å². The van der Waals surface area contributed by atoms with Gasteiger partial charge >= 0.3 is 0 Å². The summed E-state index contributed by atoms with van der Waals surface area (Å²) >= 11 is 1.55. The molecule has 1 aromatic carbocycles. The zero-order chi connectivity index (χ0) is 16.4. The summed E-state index contributed by atoms with van der Waals surface area (Å²) in [6, 6.07) is 9.63. The van der Waals surface area contributed by atoms with E-state index in [4.69, 9.17) is 4.42 Å². The van der Waals surface area contributed by atoms with Crippen LogP contribution in [0.25, 0.3) is 11.0 Å². The van der Waals surface area contributed by atoms with Crippen LogP contribution in [0.1, 0.15) is 25.6 Å². The van der Waals surface area contributed by atoms with Crippen molar-refractivity contribution in [1.29, 1.82) is 0 Å². The molecule has 5 nitrogen and oxygen atoms in total. The lowest BCUT2D eigenvalue weighted by Gasteiger charge is -2.28. The molecule has 3 rings (SSSR count). The molecule has 0 radical (unpaired) electrons. The van der Waals surface area contributed by atoms with Crippen LogP contribution in [0, 0.1) is 0 Å². The molecule has 1 fully saturated rings. The van der Waals surface area contributed by atoms with Gasteiger partial charge in [-0.25, -0.2) is 0 Å². The van der Waals surface area contributed by atoms with E-state index in [2.05, 4.69) is 0 Å². The van der Waals surface area contributed by atoms with Gasteiger partial charge in [-0.1, -0.05) is 18.2 Å². The van der Waals surface area contributed by atoms with Crippen molar-refractivity contribution < 1.29 is 14.0 Å². The van der Waals surface area contributed by atoms with Gasteiger partial charge in [0.05, 0.1) is 17.7 Å². The predicted octanol–water partition coefficient (Wildman–Crippen LogP) is 2.88. The molecule has 1 saturated heterocycles. The van der Waals surface area contributed by atoms with Gasteiger partial charge in [0.25, 0.3) is 0 Å². The van der Waals surface area contributed by atoms with E-state index in [1.165, 1.54) is 0 Å². The van der Waals surface area contributed by atoms with E-state index in [1.807, 2.05) is 44.2 Å². The quantitative estimate of drug-likeness (QED) is 0.845. The fourth-order valence-electron chi connectivity index (χ4n) is 2.82. The van der Waals surface area contributed by atoms with Gasteiger partial charge in [0.15, 0.2) is 0 Å². The molecule has 23 heavy (non-hydrogen) atoms. The molecule has 0 N–H and O–H groups in total. The number of hydrogen-bond donors (Lipinski definition) is 0. The molecule has 2 amide bonds. The maximum absolute atomic E-state index is 12.6. The second-order valence-corrected chi connectivity index (χ2v) is 6.57. The molecular formula is C17H20N2O3S. The minimum atomic E-state index is -0.162. The Kier molecular flexibility index (Phi) is 4.61. The molecule has 1 aliphatic heterocycles. The topological polar surface area (TPSA) is 53.8 Å². The van der Waals surface area contributed by atoms with E-state index in [9.17, 15) is 9.59 Å². The third kappa shape index (κ3) is 3.22. The number of nitrogens with zero attached hydrogens (tertiary/aromatic N) is 2. The van der Waals surface area contributed by atoms with Crippen LogP contribution in [0.4, 0.5) is 0 Å². The zero-order valence-electron chi connectivity index (χ0n) is 13.3. The van der Waals surface area contributed by atoms with Crippen LogP contribution in [-0.2, 0) is 9.59 Å². The highest BCUT2D eigenvalue weighted by atomic mass is 32.2. The summed E-state index contributed by atoms with van der Waals surface area (Å²) in [5.41, 5.74) is 0.823. The Morgan fingerprint density at radius 1 is 1.43 bits per heavy atom. The monoisotopic (exact) mass is 332 g/mol. The molecule has 2 aromatic rings. The maximum Gasteiger partial charge on any atom is 0.242 e. The zero-order valence-corrected chi connectivity index (χ0v) is 14.1. The number of furan rings is 1. The van der Waals surface area contributed by atoms with Crippen molar-refractivity contribution >= 4 is 34.5 Å². The number of hydrogen-bond acceptors (Lipinski definition) is 4. The lowest BCUT2D eigenvalue weighted by Crippen LogP contribution is -2.42. The number of likely N-dealkylation sites (N-methyl/N-ethyl adjacent to an activating group) is 1. The highest BCUT2D eigenvalue weighted by Crippen LogP contribution is 2.27. The maximum atomic E-state index is 12.6. The van der Waals surface area contributed by atoms with Crippen molar-refractivity contribution in [2.24, 2.45) is 0 Å². The number of amides is 2. The van der Waals surface area contributed by atoms with Crippen molar-refractivity contribution in [3.8, 4) is 0 Å². The Morgan fingerprint density at radius 2 is 2.22 bits per heavy atom.